The third-order valence-electron chi connectivity index (χ3n) is 2.97. The van der Waals surface area contributed by atoms with Crippen molar-refractivity contribution in [3.05, 3.63) is 65.5 Å². The van der Waals surface area contributed by atoms with Crippen molar-refractivity contribution >= 4 is 17.6 Å². The second kappa shape index (κ2) is 6.50. The molecule has 0 saturated heterocycles. The van der Waals surface area contributed by atoms with Crippen LogP contribution in [0.5, 0.6) is 0 Å². The highest BCUT2D eigenvalue weighted by molar-refractivity contribution is 7.98. The maximum atomic E-state index is 13.4. The van der Waals surface area contributed by atoms with E-state index in [0.29, 0.717) is 0 Å². The van der Waals surface area contributed by atoms with Gasteiger partial charge in [-0.15, -0.1) is 0 Å². The van der Waals surface area contributed by atoms with Crippen LogP contribution >= 0.6 is 11.9 Å². The first kappa shape index (κ1) is 15.9. The molecule has 4 heteroatoms. The lowest BCUT2D eigenvalue weighted by atomic mass is 9.99. The first-order valence-electron chi connectivity index (χ1n) is 6.90. The van der Waals surface area contributed by atoms with E-state index >= 15 is 0 Å². The zero-order chi connectivity index (χ0) is 15.5. The predicted octanol–water partition coefficient (Wildman–Crippen LogP) is 4.53. The molecular formula is C17H21FN2S. The maximum absolute atomic E-state index is 13.4. The Balaban J connectivity index is 2.33. The first-order valence-corrected chi connectivity index (χ1v) is 7.72. The molecule has 0 saturated carbocycles. The fourth-order valence-electron chi connectivity index (χ4n) is 1.95. The normalized spacial score (nSPS) is 13.1. The van der Waals surface area contributed by atoms with Gasteiger partial charge in [-0.3, -0.25) is 4.72 Å². The molecule has 0 spiro atoms. The van der Waals surface area contributed by atoms with Gasteiger partial charge < -0.3 is 5.73 Å². The predicted molar refractivity (Wildman–Crippen MR) is 89.6 cm³/mol. The van der Waals surface area contributed by atoms with Crippen molar-refractivity contribution in [1.82, 2.24) is 4.72 Å². The van der Waals surface area contributed by atoms with Crippen LogP contribution in [0.1, 0.15) is 37.9 Å². The number of anilines is 1. The van der Waals surface area contributed by atoms with E-state index in [4.69, 9.17) is 5.73 Å². The Morgan fingerprint density at radius 3 is 2.29 bits per heavy atom. The van der Waals surface area contributed by atoms with Crippen LogP contribution in [0.3, 0.4) is 0 Å². The topological polar surface area (TPSA) is 38.0 Å². The largest absolute Gasteiger partial charge is 0.396 e. The minimum atomic E-state index is -0.381. The van der Waals surface area contributed by atoms with Crippen LogP contribution in [-0.4, -0.2) is 4.75 Å². The summed E-state index contributed by atoms with van der Waals surface area (Å²) in [6, 6.07) is 15.0. The molecule has 0 aliphatic carbocycles. The minimum Gasteiger partial charge on any atom is -0.396 e. The smallest absolute Gasteiger partial charge is 0.146 e. The second-order valence-electron chi connectivity index (χ2n) is 5.96. The summed E-state index contributed by atoms with van der Waals surface area (Å²) < 4.78 is 16.9. The van der Waals surface area contributed by atoms with Gasteiger partial charge in [-0.1, -0.05) is 48.3 Å². The van der Waals surface area contributed by atoms with Crippen LogP contribution in [-0.2, 0) is 0 Å². The first-order chi connectivity index (χ1) is 9.87. The number of nitrogens with one attached hydrogen (secondary N) is 1. The molecule has 0 bridgehead atoms. The number of nitrogens with two attached hydrogens (primary N) is 1. The van der Waals surface area contributed by atoms with Crippen LogP contribution in [0, 0.1) is 5.82 Å². The highest BCUT2D eigenvalue weighted by Gasteiger charge is 2.19. The van der Waals surface area contributed by atoms with Crippen LogP contribution in [0.15, 0.2) is 48.5 Å². The van der Waals surface area contributed by atoms with E-state index in [2.05, 4.69) is 37.6 Å². The lowest BCUT2D eigenvalue weighted by Gasteiger charge is -2.25. The summed E-state index contributed by atoms with van der Waals surface area (Å²) in [5.74, 6) is -0.381. The Kier molecular flexibility index (Phi) is 4.91. The van der Waals surface area contributed by atoms with Gasteiger partial charge in [0, 0.05) is 4.75 Å². The third kappa shape index (κ3) is 4.48. The molecule has 2 nitrogen and oxygen atoms in total. The zero-order valence-electron chi connectivity index (χ0n) is 12.6. The van der Waals surface area contributed by atoms with Gasteiger partial charge in [0.2, 0.25) is 0 Å². The number of hydrogen-bond acceptors (Lipinski definition) is 3. The minimum absolute atomic E-state index is 0.0293. The van der Waals surface area contributed by atoms with E-state index in [0.717, 1.165) is 11.1 Å². The lowest BCUT2D eigenvalue weighted by molar-refractivity contribution is 0.630. The summed E-state index contributed by atoms with van der Waals surface area (Å²) in [4.78, 5) is 0. The summed E-state index contributed by atoms with van der Waals surface area (Å²) in [5, 5.41) is 0. The van der Waals surface area contributed by atoms with Crippen LogP contribution in [0.4, 0.5) is 10.1 Å². The molecule has 0 fully saturated rings. The summed E-state index contributed by atoms with van der Waals surface area (Å²) in [6.45, 7) is 6.43. The van der Waals surface area contributed by atoms with E-state index in [-0.39, 0.29) is 22.3 Å². The molecule has 0 heterocycles. The van der Waals surface area contributed by atoms with Gasteiger partial charge >= 0.3 is 0 Å². The average molecular weight is 304 g/mol. The van der Waals surface area contributed by atoms with E-state index in [1.54, 1.807) is 24.1 Å². The summed E-state index contributed by atoms with van der Waals surface area (Å²) in [5.41, 5.74) is 7.97. The van der Waals surface area contributed by atoms with Crippen molar-refractivity contribution < 1.29 is 4.39 Å². The lowest BCUT2D eigenvalue weighted by Crippen LogP contribution is -2.22. The van der Waals surface area contributed by atoms with Gasteiger partial charge in [-0.25, -0.2) is 4.39 Å². The van der Waals surface area contributed by atoms with E-state index in [9.17, 15) is 4.39 Å². The maximum Gasteiger partial charge on any atom is 0.146 e. The van der Waals surface area contributed by atoms with E-state index in [1.165, 1.54) is 6.07 Å². The molecule has 0 radical (unpaired) electrons. The SMILES string of the molecule is CC(C)(C)SN[C@H](c1ccccc1)c1ccc(F)c(N)c1. The second-order valence-corrected chi connectivity index (χ2v) is 7.62. The standard InChI is InChI=1S/C17H21FN2S/c1-17(2,3)21-20-16(12-7-5-4-6-8-12)13-9-10-14(18)15(19)11-13/h4-11,16,20H,19H2,1-3H3/t16-/m1/s1. The number of benzene rings is 2. The molecule has 21 heavy (non-hydrogen) atoms. The van der Waals surface area contributed by atoms with E-state index in [1.807, 2.05) is 18.2 Å². The van der Waals surface area contributed by atoms with Gasteiger partial charge in [-0.05, 0) is 44.0 Å². The van der Waals surface area contributed by atoms with Crippen LogP contribution in [0.2, 0.25) is 0 Å². The molecule has 1 atom stereocenters. The molecule has 0 aromatic heterocycles. The van der Waals surface area contributed by atoms with Gasteiger partial charge in [0.15, 0.2) is 0 Å². The van der Waals surface area contributed by atoms with Crippen LogP contribution in [0.25, 0.3) is 0 Å². The molecule has 0 unspecified atom stereocenters. The van der Waals surface area contributed by atoms with Crippen molar-refractivity contribution in [2.75, 3.05) is 5.73 Å². The number of hydrogen-bond donors (Lipinski definition) is 2. The molecule has 112 valence electrons. The molecule has 0 aliphatic heterocycles. The molecule has 3 N–H and O–H groups in total. The molecule has 2 rings (SSSR count). The van der Waals surface area contributed by atoms with Gasteiger partial charge in [0.1, 0.15) is 5.82 Å². The molecule has 2 aromatic rings. The van der Waals surface area contributed by atoms with Gasteiger partial charge in [-0.2, -0.15) is 0 Å². The highest BCUT2D eigenvalue weighted by Crippen LogP contribution is 2.30. The van der Waals surface area contributed by atoms with Crippen molar-refractivity contribution in [2.24, 2.45) is 0 Å². The summed E-state index contributed by atoms with van der Waals surface area (Å²) >= 11 is 1.66. The fourth-order valence-corrected chi connectivity index (χ4v) is 2.70. The quantitative estimate of drug-likeness (QED) is 0.643. The Bertz CT molecular complexity index is 593. The van der Waals surface area contributed by atoms with Crippen molar-refractivity contribution in [3.63, 3.8) is 0 Å². The van der Waals surface area contributed by atoms with Gasteiger partial charge in [0.25, 0.3) is 0 Å². The third-order valence-corrected chi connectivity index (χ3v) is 3.94. The average Bonchev–Trinajstić information content (AvgIpc) is 2.43. The molecular weight excluding hydrogens is 283 g/mol. The highest BCUT2D eigenvalue weighted by atomic mass is 32.2. The number of nitrogen functional groups attached to an aromatic ring is 1. The van der Waals surface area contributed by atoms with Crippen molar-refractivity contribution in [1.29, 1.82) is 0 Å². The van der Waals surface area contributed by atoms with Crippen molar-refractivity contribution in [2.45, 2.75) is 31.6 Å². The monoisotopic (exact) mass is 304 g/mol. The molecule has 0 aliphatic rings. The molecule has 2 aromatic carbocycles. The summed E-state index contributed by atoms with van der Waals surface area (Å²) in [7, 11) is 0. The van der Waals surface area contributed by atoms with Crippen molar-refractivity contribution in [3.8, 4) is 0 Å². The van der Waals surface area contributed by atoms with E-state index < -0.39 is 0 Å². The Hall–Kier alpha value is -1.52. The fraction of sp³-hybridized carbons (Fsp3) is 0.294. The zero-order valence-corrected chi connectivity index (χ0v) is 13.4. The van der Waals surface area contributed by atoms with Crippen LogP contribution < -0.4 is 10.5 Å². The Morgan fingerprint density at radius 1 is 1.05 bits per heavy atom. The Morgan fingerprint density at radius 2 is 1.71 bits per heavy atom. The number of halogens is 1. The summed E-state index contributed by atoms with van der Waals surface area (Å²) in [6.07, 6.45) is 0. The molecule has 0 amide bonds. The van der Waals surface area contributed by atoms with Gasteiger partial charge in [0.05, 0.1) is 11.7 Å². The number of rotatable bonds is 4. The Labute approximate surface area is 130 Å².